The molecule has 0 atom stereocenters. The second-order valence-corrected chi connectivity index (χ2v) is 4.10. The van der Waals surface area contributed by atoms with Gasteiger partial charge in [-0.15, -0.1) is 0 Å². The van der Waals surface area contributed by atoms with Gasteiger partial charge in [-0.25, -0.2) is 0 Å². The molecule has 0 aromatic heterocycles. The van der Waals surface area contributed by atoms with Crippen LogP contribution in [-0.2, 0) is 4.74 Å². The summed E-state index contributed by atoms with van der Waals surface area (Å²) in [6, 6.07) is 0.790. The van der Waals surface area contributed by atoms with Gasteiger partial charge in [-0.3, -0.25) is 4.90 Å². The Morgan fingerprint density at radius 3 is 2.58 bits per heavy atom. The van der Waals surface area contributed by atoms with Gasteiger partial charge in [-0.1, -0.05) is 0 Å². The first kappa shape index (κ1) is 8.48. The average Bonchev–Trinajstić information content (AvgIpc) is 1.80. The third-order valence-corrected chi connectivity index (χ3v) is 2.84. The van der Waals surface area contributed by atoms with Crippen LogP contribution in [0.4, 0.5) is 0 Å². The van der Waals surface area contributed by atoms with Gasteiger partial charge in [0.05, 0.1) is 5.60 Å². The average molecular weight is 170 g/mol. The first-order chi connectivity index (χ1) is 5.73. The lowest BCUT2D eigenvalue weighted by atomic mass is 9.92. The molecule has 0 amide bonds. The molecule has 2 saturated heterocycles. The maximum absolute atomic E-state index is 5.65. The van der Waals surface area contributed by atoms with Gasteiger partial charge in [0, 0.05) is 38.8 Å². The number of ether oxygens (including phenoxy) is 1. The molecule has 2 aliphatic rings. The highest BCUT2D eigenvalue weighted by atomic mass is 16.5. The molecule has 0 aromatic rings. The minimum absolute atomic E-state index is 0.157. The number of nitrogens with zero attached hydrogens (tertiary/aromatic N) is 1. The Bertz CT molecular complexity index is 162. The molecule has 3 heteroatoms. The van der Waals surface area contributed by atoms with Crippen LogP contribution in [-0.4, -0.2) is 49.3 Å². The molecule has 0 saturated carbocycles. The highest BCUT2D eigenvalue weighted by Gasteiger charge is 2.43. The molecular formula is C9H18N2O. The fraction of sp³-hybridized carbons (Fsp3) is 1.00. The van der Waals surface area contributed by atoms with Crippen molar-refractivity contribution in [3.8, 4) is 0 Å². The lowest BCUT2D eigenvalue weighted by molar-refractivity contribution is -0.146. The van der Waals surface area contributed by atoms with E-state index in [-0.39, 0.29) is 5.60 Å². The minimum atomic E-state index is 0.157. The predicted molar refractivity (Wildman–Crippen MR) is 48.3 cm³/mol. The second-order valence-electron chi connectivity index (χ2n) is 4.10. The van der Waals surface area contributed by atoms with Crippen LogP contribution in [0.15, 0.2) is 0 Å². The molecular weight excluding hydrogens is 152 g/mol. The summed E-state index contributed by atoms with van der Waals surface area (Å²) in [5.41, 5.74) is 0.157. The number of likely N-dealkylation sites (tertiary alicyclic amines) is 1. The van der Waals surface area contributed by atoms with E-state index in [1.165, 1.54) is 13.1 Å². The quantitative estimate of drug-likeness (QED) is 0.648. The van der Waals surface area contributed by atoms with E-state index in [2.05, 4.69) is 24.1 Å². The molecule has 1 N–H and O–H groups in total. The first-order valence-electron chi connectivity index (χ1n) is 4.82. The van der Waals surface area contributed by atoms with E-state index in [1.54, 1.807) is 0 Å². The highest BCUT2D eigenvalue weighted by Crippen LogP contribution is 2.27. The van der Waals surface area contributed by atoms with Crippen molar-refractivity contribution in [1.29, 1.82) is 0 Å². The Morgan fingerprint density at radius 2 is 2.17 bits per heavy atom. The van der Waals surface area contributed by atoms with Crippen LogP contribution in [0.5, 0.6) is 0 Å². The van der Waals surface area contributed by atoms with Crippen molar-refractivity contribution in [3.05, 3.63) is 0 Å². The summed E-state index contributed by atoms with van der Waals surface area (Å²) >= 11 is 0. The van der Waals surface area contributed by atoms with Crippen molar-refractivity contribution in [2.24, 2.45) is 0 Å². The predicted octanol–water partition coefficient (Wildman–Crippen LogP) is 0.0690. The van der Waals surface area contributed by atoms with Crippen LogP contribution in [0, 0.1) is 0 Å². The molecule has 12 heavy (non-hydrogen) atoms. The molecule has 3 nitrogen and oxygen atoms in total. The smallest absolute Gasteiger partial charge is 0.0907 e. The monoisotopic (exact) mass is 170 g/mol. The summed E-state index contributed by atoms with van der Waals surface area (Å²) in [5.74, 6) is 0. The van der Waals surface area contributed by atoms with Crippen LogP contribution in [0.25, 0.3) is 0 Å². The summed E-state index contributed by atoms with van der Waals surface area (Å²) in [5, 5.41) is 3.29. The zero-order valence-electron chi connectivity index (χ0n) is 7.97. The number of rotatable bonds is 3. The zero-order chi connectivity index (χ0) is 8.60. The molecule has 0 radical (unpaired) electrons. The molecule has 0 spiro atoms. The molecule has 70 valence electrons. The summed E-state index contributed by atoms with van der Waals surface area (Å²) < 4.78 is 5.65. The van der Waals surface area contributed by atoms with E-state index < -0.39 is 0 Å². The topological polar surface area (TPSA) is 24.5 Å². The van der Waals surface area contributed by atoms with E-state index in [0.717, 1.165) is 25.7 Å². The summed E-state index contributed by atoms with van der Waals surface area (Å²) in [6.07, 6.45) is 0. The minimum Gasteiger partial charge on any atom is -0.373 e. The van der Waals surface area contributed by atoms with Crippen molar-refractivity contribution in [2.45, 2.75) is 25.5 Å². The van der Waals surface area contributed by atoms with Crippen molar-refractivity contribution in [3.63, 3.8) is 0 Å². The Morgan fingerprint density at radius 1 is 1.50 bits per heavy atom. The maximum Gasteiger partial charge on any atom is 0.0907 e. The Kier molecular flexibility index (Phi) is 2.10. The zero-order valence-corrected chi connectivity index (χ0v) is 7.97. The van der Waals surface area contributed by atoms with Crippen LogP contribution < -0.4 is 5.32 Å². The van der Waals surface area contributed by atoms with E-state index >= 15 is 0 Å². The van der Waals surface area contributed by atoms with E-state index in [9.17, 15) is 0 Å². The fourth-order valence-corrected chi connectivity index (χ4v) is 2.04. The molecule has 0 unspecified atom stereocenters. The molecule has 0 bridgehead atoms. The lowest BCUT2D eigenvalue weighted by Crippen LogP contribution is -2.70. The normalized spacial score (nSPS) is 29.5. The van der Waals surface area contributed by atoms with Crippen molar-refractivity contribution < 1.29 is 4.74 Å². The number of nitrogens with one attached hydrogen (secondary N) is 1. The highest BCUT2D eigenvalue weighted by molar-refractivity contribution is 5.00. The van der Waals surface area contributed by atoms with E-state index in [0.29, 0.717) is 0 Å². The molecule has 2 rings (SSSR count). The van der Waals surface area contributed by atoms with E-state index in [4.69, 9.17) is 4.74 Å². The molecule has 0 aromatic carbocycles. The van der Waals surface area contributed by atoms with Crippen molar-refractivity contribution in [2.75, 3.05) is 32.8 Å². The van der Waals surface area contributed by atoms with E-state index in [1.807, 2.05) is 0 Å². The van der Waals surface area contributed by atoms with Gasteiger partial charge in [0.1, 0.15) is 0 Å². The SMILES string of the molecule is CCOC1(C)CN(C2CNC2)C1. The Labute approximate surface area is 74.1 Å². The van der Waals surface area contributed by atoms with Gasteiger partial charge < -0.3 is 10.1 Å². The Balaban J connectivity index is 1.74. The first-order valence-corrected chi connectivity index (χ1v) is 4.82. The molecule has 2 heterocycles. The molecule has 2 aliphatic heterocycles. The number of hydrogen-bond donors (Lipinski definition) is 1. The van der Waals surface area contributed by atoms with Crippen molar-refractivity contribution in [1.82, 2.24) is 10.2 Å². The standard InChI is InChI=1S/C9H18N2O/c1-3-12-9(2)6-11(7-9)8-4-10-5-8/h8,10H,3-7H2,1-2H3. The van der Waals surface area contributed by atoms with Crippen LogP contribution in [0.3, 0.4) is 0 Å². The lowest BCUT2D eigenvalue weighted by Gasteiger charge is -2.53. The van der Waals surface area contributed by atoms with Crippen LogP contribution in [0.2, 0.25) is 0 Å². The van der Waals surface area contributed by atoms with Gasteiger partial charge in [0.15, 0.2) is 0 Å². The van der Waals surface area contributed by atoms with Gasteiger partial charge >= 0.3 is 0 Å². The van der Waals surface area contributed by atoms with Gasteiger partial charge in [-0.05, 0) is 13.8 Å². The van der Waals surface area contributed by atoms with Gasteiger partial charge in [0.25, 0.3) is 0 Å². The van der Waals surface area contributed by atoms with Gasteiger partial charge in [-0.2, -0.15) is 0 Å². The Hall–Kier alpha value is -0.120. The summed E-state index contributed by atoms with van der Waals surface area (Å²) in [7, 11) is 0. The van der Waals surface area contributed by atoms with Crippen molar-refractivity contribution >= 4 is 0 Å². The third kappa shape index (κ3) is 1.37. The molecule has 2 fully saturated rings. The molecule has 0 aliphatic carbocycles. The second kappa shape index (κ2) is 2.98. The van der Waals surface area contributed by atoms with Crippen LogP contribution >= 0.6 is 0 Å². The largest absolute Gasteiger partial charge is 0.373 e. The number of hydrogen-bond acceptors (Lipinski definition) is 3. The fourth-order valence-electron chi connectivity index (χ4n) is 2.04. The summed E-state index contributed by atoms with van der Waals surface area (Å²) in [4.78, 5) is 2.51. The summed E-state index contributed by atoms with van der Waals surface area (Å²) in [6.45, 7) is 9.69. The third-order valence-electron chi connectivity index (χ3n) is 2.84. The maximum atomic E-state index is 5.65. The van der Waals surface area contributed by atoms with Crippen LogP contribution in [0.1, 0.15) is 13.8 Å². The van der Waals surface area contributed by atoms with Gasteiger partial charge in [0.2, 0.25) is 0 Å².